The van der Waals surface area contributed by atoms with Gasteiger partial charge in [-0.2, -0.15) is 0 Å². The summed E-state index contributed by atoms with van der Waals surface area (Å²) in [6.07, 6.45) is 7.01. The van der Waals surface area contributed by atoms with Gasteiger partial charge in [0.05, 0.1) is 11.2 Å². The van der Waals surface area contributed by atoms with Crippen molar-refractivity contribution in [2.24, 2.45) is 0 Å². The van der Waals surface area contributed by atoms with E-state index in [1.54, 1.807) is 0 Å². The molecule has 0 N–H and O–H groups in total. The van der Waals surface area contributed by atoms with Gasteiger partial charge in [-0.25, -0.2) is 15.0 Å². The lowest BCUT2D eigenvalue weighted by atomic mass is 9.76. The van der Waals surface area contributed by atoms with Gasteiger partial charge in [-0.15, -0.1) is 0 Å². The number of fused-ring (bicyclic) bond motifs is 3. The van der Waals surface area contributed by atoms with Gasteiger partial charge in [-0.1, -0.05) is 50.2 Å². The second-order valence-corrected chi connectivity index (χ2v) is 13.7. The number of furan rings is 1. The molecule has 3 heteroatoms. The van der Waals surface area contributed by atoms with Crippen molar-refractivity contribution in [1.29, 1.82) is 0 Å². The molecule has 1 aliphatic rings. The van der Waals surface area contributed by atoms with Gasteiger partial charge >= 0.3 is 0 Å². The van der Waals surface area contributed by atoms with Gasteiger partial charge in [0.2, 0.25) is 0 Å². The molecule has 30 heavy (non-hydrogen) atoms. The summed E-state index contributed by atoms with van der Waals surface area (Å²) in [4.78, 5) is 6.52. The van der Waals surface area contributed by atoms with Gasteiger partial charge in [-0.05, 0) is 54.2 Å². The van der Waals surface area contributed by atoms with Crippen LogP contribution >= 0.6 is 10.0 Å². The van der Waals surface area contributed by atoms with E-state index in [-0.39, 0.29) is 5.41 Å². The van der Waals surface area contributed by atoms with Crippen LogP contribution < -0.4 is 0 Å². The molecule has 6 rings (SSSR count). The Bertz CT molecular complexity index is 1500. The maximum absolute atomic E-state index is 6.56. The van der Waals surface area contributed by atoms with E-state index in [1.165, 1.54) is 37.7 Å². The molecule has 0 unspecified atom stereocenters. The lowest BCUT2D eigenvalue weighted by molar-refractivity contribution is 0.638. The fraction of sp³-hybridized carbons (Fsp3) is 0.222. The van der Waals surface area contributed by atoms with E-state index in [0.29, 0.717) is 0 Å². The van der Waals surface area contributed by atoms with E-state index < -0.39 is 10.0 Å². The van der Waals surface area contributed by atoms with Gasteiger partial charge < -0.3 is 4.42 Å². The number of nitrogens with zero attached hydrogens (tertiary/aromatic N) is 1. The number of para-hydroxylation sites is 1. The van der Waals surface area contributed by atoms with Crippen molar-refractivity contribution >= 4 is 42.9 Å². The molecule has 0 bridgehead atoms. The number of hydrogen-bond acceptors (Lipinski definition) is 2. The molecular formula is C27H25NOS. The van der Waals surface area contributed by atoms with E-state index in [2.05, 4.69) is 93.3 Å². The molecule has 2 aromatic heterocycles. The van der Waals surface area contributed by atoms with Crippen molar-refractivity contribution in [3.05, 3.63) is 71.8 Å². The number of hydrogen-bond donors (Lipinski definition) is 0. The molecule has 0 spiro atoms. The molecule has 1 aliphatic carbocycles. The van der Waals surface area contributed by atoms with E-state index in [4.69, 9.17) is 9.40 Å². The molecule has 2 heterocycles. The summed E-state index contributed by atoms with van der Waals surface area (Å²) in [5.74, 6) is 0. The highest BCUT2D eigenvalue weighted by molar-refractivity contribution is 8.32. The van der Waals surface area contributed by atoms with Crippen LogP contribution in [0, 0.1) is 0 Å². The number of pyridine rings is 1. The summed E-state index contributed by atoms with van der Waals surface area (Å²) in [5.41, 5.74) is 7.73. The molecule has 150 valence electrons. The summed E-state index contributed by atoms with van der Waals surface area (Å²) < 4.78 is 6.56. The smallest absolute Gasteiger partial charge is 0.147 e. The van der Waals surface area contributed by atoms with Crippen molar-refractivity contribution in [2.75, 3.05) is 18.8 Å². The molecule has 0 saturated heterocycles. The molecule has 0 amide bonds. The summed E-state index contributed by atoms with van der Waals surface area (Å²) in [5, 5.41) is 3.67. The van der Waals surface area contributed by atoms with Crippen LogP contribution in [-0.2, 0) is 5.41 Å². The molecule has 2 nitrogen and oxygen atoms in total. The Morgan fingerprint density at radius 3 is 2.43 bits per heavy atom. The Kier molecular flexibility index (Phi) is 3.41. The monoisotopic (exact) mass is 411 g/mol. The summed E-state index contributed by atoms with van der Waals surface area (Å²) >= 11 is 0. The van der Waals surface area contributed by atoms with E-state index in [9.17, 15) is 0 Å². The SMILES string of the molecule is CC1(C)c2cc3ccccc3nc2-c2cccc3oc4c(S(C)(C)C)ccc1c4c23. The van der Waals surface area contributed by atoms with Crippen LogP contribution in [0.5, 0.6) is 0 Å². The fourth-order valence-corrected chi connectivity index (χ4v) is 6.22. The van der Waals surface area contributed by atoms with E-state index in [0.717, 1.165) is 22.4 Å². The van der Waals surface area contributed by atoms with Gasteiger partial charge in [0.25, 0.3) is 0 Å². The Labute approximate surface area is 178 Å². The first-order valence-electron chi connectivity index (χ1n) is 10.3. The lowest BCUT2D eigenvalue weighted by Gasteiger charge is -2.30. The Morgan fingerprint density at radius 1 is 0.833 bits per heavy atom. The summed E-state index contributed by atoms with van der Waals surface area (Å²) in [6.45, 7) is 4.65. The minimum Gasteiger partial charge on any atom is -0.455 e. The standard InChI is InChI=1S/C27H25NOS/c1-27(2)18-13-14-22(30(3,4)5)26-24(18)23-17(10-8-12-21(23)29-26)25-19(27)15-16-9-6-7-11-20(16)28-25/h6-15H,1-5H3. The number of benzene rings is 3. The normalized spacial score (nSPS) is 15.6. The minimum absolute atomic E-state index is 0.188. The van der Waals surface area contributed by atoms with Crippen LogP contribution in [-0.4, -0.2) is 23.8 Å². The average Bonchev–Trinajstić information content (AvgIpc) is 3.07. The zero-order valence-electron chi connectivity index (χ0n) is 18.0. The van der Waals surface area contributed by atoms with Crippen molar-refractivity contribution in [2.45, 2.75) is 24.2 Å². The summed E-state index contributed by atoms with van der Waals surface area (Å²) in [6, 6.07) is 21.8. The molecule has 0 radical (unpaired) electrons. The quantitative estimate of drug-likeness (QED) is 0.285. The van der Waals surface area contributed by atoms with Crippen molar-refractivity contribution in [3.63, 3.8) is 0 Å². The zero-order chi connectivity index (χ0) is 20.8. The Morgan fingerprint density at radius 2 is 1.63 bits per heavy atom. The number of aromatic nitrogens is 1. The highest BCUT2D eigenvalue weighted by Gasteiger charge is 2.36. The Hall–Kier alpha value is -2.78. The minimum atomic E-state index is -0.940. The van der Waals surface area contributed by atoms with Gasteiger partial charge in [0.15, 0.2) is 0 Å². The first-order valence-corrected chi connectivity index (χ1v) is 13.2. The second-order valence-electron chi connectivity index (χ2n) is 9.64. The van der Waals surface area contributed by atoms with Crippen LogP contribution in [0.25, 0.3) is 44.1 Å². The maximum atomic E-state index is 6.56. The average molecular weight is 412 g/mol. The Balaban J connectivity index is 1.87. The number of rotatable bonds is 1. The fourth-order valence-electron chi connectivity index (χ4n) is 5.04. The third-order valence-corrected chi connectivity index (χ3v) is 8.24. The van der Waals surface area contributed by atoms with Gasteiger partial charge in [0.1, 0.15) is 11.2 Å². The molecule has 0 fully saturated rings. The highest BCUT2D eigenvalue weighted by Crippen LogP contribution is 2.55. The topological polar surface area (TPSA) is 26.0 Å². The van der Waals surface area contributed by atoms with Crippen molar-refractivity contribution in [1.82, 2.24) is 4.98 Å². The highest BCUT2D eigenvalue weighted by atomic mass is 32.3. The first-order chi connectivity index (χ1) is 14.3. The molecule has 3 aromatic carbocycles. The molecule has 0 aliphatic heterocycles. The molecule has 5 aromatic rings. The summed E-state index contributed by atoms with van der Waals surface area (Å²) in [7, 11) is -0.940. The van der Waals surface area contributed by atoms with Crippen LogP contribution in [0.2, 0.25) is 0 Å². The van der Waals surface area contributed by atoms with Crippen molar-refractivity contribution < 1.29 is 4.42 Å². The third-order valence-electron chi connectivity index (χ3n) is 6.60. The van der Waals surface area contributed by atoms with Crippen LogP contribution in [0.1, 0.15) is 25.0 Å². The first kappa shape index (κ1) is 18.0. The van der Waals surface area contributed by atoms with Crippen LogP contribution in [0.15, 0.2) is 70.0 Å². The van der Waals surface area contributed by atoms with Crippen molar-refractivity contribution in [3.8, 4) is 11.3 Å². The molecule has 0 saturated carbocycles. The van der Waals surface area contributed by atoms with Crippen LogP contribution in [0.4, 0.5) is 0 Å². The maximum Gasteiger partial charge on any atom is 0.147 e. The second kappa shape index (κ2) is 5.67. The van der Waals surface area contributed by atoms with E-state index in [1.807, 2.05) is 0 Å². The molecular weight excluding hydrogens is 386 g/mol. The van der Waals surface area contributed by atoms with E-state index >= 15 is 0 Å². The third kappa shape index (κ3) is 2.24. The largest absolute Gasteiger partial charge is 0.455 e. The predicted molar refractivity (Wildman–Crippen MR) is 130 cm³/mol. The van der Waals surface area contributed by atoms with Gasteiger partial charge in [-0.3, -0.25) is 0 Å². The lowest BCUT2D eigenvalue weighted by Crippen LogP contribution is -2.20. The molecule has 0 atom stereocenters. The zero-order valence-corrected chi connectivity index (χ0v) is 18.9. The van der Waals surface area contributed by atoms with Gasteiger partial charge in [0, 0.05) is 32.0 Å². The predicted octanol–water partition coefficient (Wildman–Crippen LogP) is 7.49. The van der Waals surface area contributed by atoms with Crippen LogP contribution in [0.3, 0.4) is 0 Å².